The number of esters is 1. The molecule has 4 rings (SSSR count). The molecule has 0 saturated carbocycles. The third kappa shape index (κ3) is 5.11. The molecule has 2 fully saturated rings. The molecule has 0 amide bonds. The highest BCUT2D eigenvalue weighted by Gasteiger charge is 2.46. The Kier molecular flexibility index (Phi) is 6.62. The van der Waals surface area contributed by atoms with Crippen molar-refractivity contribution in [1.82, 2.24) is 0 Å². The number of benzene rings is 2. The zero-order chi connectivity index (χ0) is 21.8. The molecule has 2 aliphatic rings. The lowest BCUT2D eigenvalue weighted by Gasteiger charge is -2.45. The molecule has 2 aliphatic heterocycles. The number of carbonyl (C=O) groups is 2. The maximum atomic E-state index is 11.7. The standard InChI is InChI=1S/C23H24O8/c1-14(24)29-18-11-20(27-12-16-9-5-6-10-17(16)22(25)26)30-19-13-28-23(31-21(18)19)15-7-3-2-4-8-15/h2-10,18-21,23H,11-13H2,1H3,(H,25,26)/t18-,19-,20+,21+,23?/m1/s1. The zero-order valence-corrected chi connectivity index (χ0v) is 17.0. The van der Waals surface area contributed by atoms with Gasteiger partial charge in [0.1, 0.15) is 18.3 Å². The lowest BCUT2D eigenvalue weighted by molar-refractivity contribution is -0.339. The minimum atomic E-state index is -1.03. The summed E-state index contributed by atoms with van der Waals surface area (Å²) in [5.74, 6) is -1.45. The van der Waals surface area contributed by atoms with Crippen LogP contribution in [0.1, 0.15) is 41.1 Å². The first-order valence-electron chi connectivity index (χ1n) is 10.1. The minimum Gasteiger partial charge on any atom is -0.478 e. The van der Waals surface area contributed by atoms with Gasteiger partial charge in [0.2, 0.25) is 0 Å². The van der Waals surface area contributed by atoms with Crippen LogP contribution in [0.4, 0.5) is 0 Å². The summed E-state index contributed by atoms with van der Waals surface area (Å²) in [6.07, 6.45) is -2.59. The summed E-state index contributed by atoms with van der Waals surface area (Å²) in [6, 6.07) is 16.1. The Bertz CT molecular complexity index is 915. The molecule has 1 N–H and O–H groups in total. The summed E-state index contributed by atoms with van der Waals surface area (Å²) in [6.45, 7) is 1.64. The van der Waals surface area contributed by atoms with Gasteiger partial charge in [-0.25, -0.2) is 4.79 Å². The molecule has 2 aromatic carbocycles. The molecule has 31 heavy (non-hydrogen) atoms. The largest absolute Gasteiger partial charge is 0.478 e. The van der Waals surface area contributed by atoms with E-state index in [0.29, 0.717) is 5.56 Å². The second-order valence-corrected chi connectivity index (χ2v) is 7.44. The number of aromatic carboxylic acids is 1. The van der Waals surface area contributed by atoms with Crippen LogP contribution in [0.3, 0.4) is 0 Å². The second kappa shape index (κ2) is 9.57. The smallest absolute Gasteiger partial charge is 0.336 e. The predicted molar refractivity (Wildman–Crippen MR) is 107 cm³/mol. The van der Waals surface area contributed by atoms with Crippen LogP contribution in [0.25, 0.3) is 0 Å². The van der Waals surface area contributed by atoms with E-state index in [1.54, 1.807) is 18.2 Å². The Labute approximate surface area is 179 Å². The predicted octanol–water partition coefficient (Wildman–Crippen LogP) is 3.06. The third-order valence-electron chi connectivity index (χ3n) is 5.24. The lowest BCUT2D eigenvalue weighted by Crippen LogP contribution is -2.56. The molecular weight excluding hydrogens is 404 g/mol. The van der Waals surface area contributed by atoms with E-state index in [0.717, 1.165) is 5.56 Å². The van der Waals surface area contributed by atoms with Gasteiger partial charge in [-0.05, 0) is 11.6 Å². The highest BCUT2D eigenvalue weighted by atomic mass is 16.7. The van der Waals surface area contributed by atoms with Crippen LogP contribution in [0.2, 0.25) is 0 Å². The van der Waals surface area contributed by atoms with Crippen molar-refractivity contribution in [2.45, 2.75) is 50.8 Å². The van der Waals surface area contributed by atoms with Crippen LogP contribution in [0, 0.1) is 0 Å². The Morgan fingerprint density at radius 3 is 2.55 bits per heavy atom. The molecule has 8 nitrogen and oxygen atoms in total. The number of ether oxygens (including phenoxy) is 5. The van der Waals surface area contributed by atoms with Crippen LogP contribution in [0.15, 0.2) is 54.6 Å². The molecule has 0 bridgehead atoms. The fraction of sp³-hybridized carbons (Fsp3) is 0.391. The van der Waals surface area contributed by atoms with Crippen molar-refractivity contribution in [3.63, 3.8) is 0 Å². The first kappa shape index (κ1) is 21.5. The summed E-state index contributed by atoms with van der Waals surface area (Å²) in [5.41, 5.74) is 1.57. The normalized spacial score (nSPS) is 27.8. The second-order valence-electron chi connectivity index (χ2n) is 7.44. The van der Waals surface area contributed by atoms with Gasteiger partial charge < -0.3 is 28.8 Å². The molecule has 1 unspecified atom stereocenters. The van der Waals surface area contributed by atoms with Crippen LogP contribution in [0.5, 0.6) is 0 Å². The Balaban J connectivity index is 1.45. The number of carboxylic acids is 1. The molecule has 0 spiro atoms. The molecule has 0 radical (unpaired) electrons. The van der Waals surface area contributed by atoms with Crippen molar-refractivity contribution in [1.29, 1.82) is 0 Å². The number of carboxylic acid groups (broad SMARTS) is 1. The van der Waals surface area contributed by atoms with E-state index < -0.39 is 42.8 Å². The van der Waals surface area contributed by atoms with Gasteiger partial charge in [0.15, 0.2) is 12.6 Å². The van der Waals surface area contributed by atoms with E-state index in [2.05, 4.69) is 0 Å². The Morgan fingerprint density at radius 2 is 1.81 bits per heavy atom. The number of carbonyl (C=O) groups excluding carboxylic acids is 1. The molecule has 2 saturated heterocycles. The van der Waals surface area contributed by atoms with Gasteiger partial charge in [0, 0.05) is 18.9 Å². The average Bonchev–Trinajstić information content (AvgIpc) is 2.78. The summed E-state index contributed by atoms with van der Waals surface area (Å²) in [7, 11) is 0. The van der Waals surface area contributed by atoms with Gasteiger partial charge in [-0.2, -0.15) is 0 Å². The topological polar surface area (TPSA) is 101 Å². The number of hydrogen-bond donors (Lipinski definition) is 1. The monoisotopic (exact) mass is 428 g/mol. The molecule has 0 aliphatic carbocycles. The van der Waals surface area contributed by atoms with Crippen molar-refractivity contribution in [3.8, 4) is 0 Å². The van der Waals surface area contributed by atoms with Crippen molar-refractivity contribution in [2.24, 2.45) is 0 Å². The average molecular weight is 428 g/mol. The number of rotatable bonds is 6. The van der Waals surface area contributed by atoms with Gasteiger partial charge in [-0.1, -0.05) is 48.5 Å². The molecule has 2 heterocycles. The molecular formula is C23H24O8. The molecule has 164 valence electrons. The van der Waals surface area contributed by atoms with E-state index in [9.17, 15) is 14.7 Å². The van der Waals surface area contributed by atoms with Crippen LogP contribution < -0.4 is 0 Å². The third-order valence-corrected chi connectivity index (χ3v) is 5.24. The van der Waals surface area contributed by atoms with Gasteiger partial charge in [-0.3, -0.25) is 4.79 Å². The van der Waals surface area contributed by atoms with Crippen molar-refractivity contribution < 1.29 is 38.4 Å². The highest BCUT2D eigenvalue weighted by Crippen LogP contribution is 2.35. The Hall–Kier alpha value is -2.78. The summed E-state index contributed by atoms with van der Waals surface area (Å²) >= 11 is 0. The molecule has 2 aromatic rings. The van der Waals surface area contributed by atoms with Crippen molar-refractivity contribution in [2.75, 3.05) is 6.61 Å². The first-order valence-corrected chi connectivity index (χ1v) is 10.1. The number of fused-ring (bicyclic) bond motifs is 1. The fourth-order valence-corrected chi connectivity index (χ4v) is 3.82. The molecule has 5 atom stereocenters. The van der Waals surface area contributed by atoms with Crippen LogP contribution >= 0.6 is 0 Å². The van der Waals surface area contributed by atoms with Gasteiger partial charge in [0.05, 0.1) is 18.8 Å². The number of hydrogen-bond acceptors (Lipinski definition) is 7. The summed E-state index contributed by atoms with van der Waals surface area (Å²) in [4.78, 5) is 23.1. The van der Waals surface area contributed by atoms with Crippen molar-refractivity contribution >= 4 is 11.9 Å². The lowest BCUT2D eigenvalue weighted by atomic mass is 10.00. The van der Waals surface area contributed by atoms with E-state index in [-0.39, 0.29) is 25.2 Å². The zero-order valence-electron chi connectivity index (χ0n) is 17.0. The van der Waals surface area contributed by atoms with E-state index >= 15 is 0 Å². The summed E-state index contributed by atoms with van der Waals surface area (Å²) in [5, 5.41) is 9.34. The SMILES string of the molecule is CC(=O)O[C@@H]1C[C@@H](OCc2ccccc2C(=O)O)O[C@@H]2COC(c3ccccc3)O[C@@H]12. The van der Waals surface area contributed by atoms with E-state index in [4.69, 9.17) is 23.7 Å². The van der Waals surface area contributed by atoms with E-state index in [1.165, 1.54) is 13.0 Å². The fourth-order valence-electron chi connectivity index (χ4n) is 3.82. The quantitative estimate of drug-likeness (QED) is 0.701. The van der Waals surface area contributed by atoms with Gasteiger partial charge in [-0.15, -0.1) is 0 Å². The van der Waals surface area contributed by atoms with Gasteiger partial charge >= 0.3 is 11.9 Å². The van der Waals surface area contributed by atoms with Crippen LogP contribution in [-0.2, 0) is 35.1 Å². The molecule has 8 heteroatoms. The molecule has 0 aromatic heterocycles. The highest BCUT2D eigenvalue weighted by molar-refractivity contribution is 5.89. The van der Waals surface area contributed by atoms with Gasteiger partial charge in [0.25, 0.3) is 0 Å². The van der Waals surface area contributed by atoms with Crippen LogP contribution in [-0.4, -0.2) is 48.3 Å². The minimum absolute atomic E-state index is 0.0473. The Morgan fingerprint density at radius 1 is 1.06 bits per heavy atom. The van der Waals surface area contributed by atoms with E-state index in [1.807, 2.05) is 30.3 Å². The van der Waals surface area contributed by atoms with Crippen molar-refractivity contribution in [3.05, 3.63) is 71.3 Å². The maximum Gasteiger partial charge on any atom is 0.336 e. The maximum absolute atomic E-state index is 11.7. The first-order chi connectivity index (χ1) is 15.0. The summed E-state index contributed by atoms with van der Waals surface area (Å²) < 4.78 is 29.3.